The van der Waals surface area contributed by atoms with Crippen LogP contribution >= 0.6 is 0 Å². The maximum absolute atomic E-state index is 12.9. The molecule has 1 aromatic carbocycles. The van der Waals surface area contributed by atoms with Crippen molar-refractivity contribution in [3.8, 4) is 5.75 Å². The molecule has 1 aliphatic rings. The Hall–Kier alpha value is -2.32. The lowest BCUT2D eigenvalue weighted by Gasteiger charge is -2.20. The van der Waals surface area contributed by atoms with Crippen molar-refractivity contribution < 1.29 is 37.7 Å². The summed E-state index contributed by atoms with van der Waals surface area (Å²) in [6.45, 7) is 5.69. The van der Waals surface area contributed by atoms with E-state index in [1.165, 1.54) is 12.1 Å². The molecule has 8 heteroatoms. The van der Waals surface area contributed by atoms with E-state index in [4.69, 9.17) is 9.47 Å². The second-order valence-electron chi connectivity index (χ2n) is 9.45. The van der Waals surface area contributed by atoms with Crippen molar-refractivity contribution in [2.45, 2.75) is 77.4 Å². The summed E-state index contributed by atoms with van der Waals surface area (Å²) in [7, 11) is 0. The number of rotatable bonds is 12. The van der Waals surface area contributed by atoms with Crippen LogP contribution in [0, 0.1) is 17.8 Å². The number of aliphatic hydroxyl groups is 2. The molecule has 0 aromatic heterocycles. The largest absolute Gasteiger partial charge is 0.493 e. The molecule has 1 aromatic rings. The third kappa shape index (κ3) is 10.1. The lowest BCUT2D eigenvalue weighted by atomic mass is 9.89. The van der Waals surface area contributed by atoms with Crippen LogP contribution in [0.4, 0.5) is 13.2 Å². The van der Waals surface area contributed by atoms with Crippen molar-refractivity contribution in [1.29, 1.82) is 0 Å². The lowest BCUT2D eigenvalue weighted by Crippen LogP contribution is -2.20. The van der Waals surface area contributed by atoms with E-state index in [0.717, 1.165) is 18.6 Å². The van der Waals surface area contributed by atoms with E-state index in [2.05, 4.69) is 0 Å². The smallest absolute Gasteiger partial charge is 0.416 e. The van der Waals surface area contributed by atoms with Crippen molar-refractivity contribution in [3.05, 3.63) is 54.1 Å². The maximum atomic E-state index is 12.9. The van der Waals surface area contributed by atoms with Gasteiger partial charge in [-0.2, -0.15) is 13.2 Å². The van der Waals surface area contributed by atoms with E-state index in [-0.39, 0.29) is 42.2 Å². The van der Waals surface area contributed by atoms with Crippen molar-refractivity contribution in [2.24, 2.45) is 17.8 Å². The summed E-state index contributed by atoms with van der Waals surface area (Å²) in [6, 6.07) is 4.77. The molecular weight excluding hydrogens is 461 g/mol. The van der Waals surface area contributed by atoms with Gasteiger partial charge in [0, 0.05) is 24.7 Å². The van der Waals surface area contributed by atoms with Crippen molar-refractivity contribution >= 4 is 5.97 Å². The summed E-state index contributed by atoms with van der Waals surface area (Å²) < 4.78 is 49.2. The predicted octanol–water partition coefficient (Wildman–Crippen LogP) is 5.70. The van der Waals surface area contributed by atoms with Gasteiger partial charge in [0.1, 0.15) is 5.75 Å². The van der Waals surface area contributed by atoms with Gasteiger partial charge in [-0.25, -0.2) is 0 Å². The van der Waals surface area contributed by atoms with E-state index in [1.807, 2.05) is 45.1 Å². The molecule has 5 atom stereocenters. The summed E-state index contributed by atoms with van der Waals surface area (Å²) in [4.78, 5) is 11.6. The minimum absolute atomic E-state index is 0.101. The molecule has 5 nitrogen and oxygen atoms in total. The van der Waals surface area contributed by atoms with Gasteiger partial charge in [0.25, 0.3) is 0 Å². The van der Waals surface area contributed by atoms with Crippen LogP contribution in [0.25, 0.3) is 0 Å². The molecule has 0 aliphatic heterocycles. The molecule has 0 bridgehead atoms. The van der Waals surface area contributed by atoms with Crippen LogP contribution in [0.15, 0.2) is 48.6 Å². The Morgan fingerprint density at radius 3 is 2.60 bits per heavy atom. The fourth-order valence-corrected chi connectivity index (χ4v) is 4.13. The third-order valence-electron chi connectivity index (χ3n) is 5.95. The normalized spacial score (nSPS) is 23.9. The lowest BCUT2D eigenvalue weighted by molar-refractivity contribution is -0.147. The van der Waals surface area contributed by atoms with Gasteiger partial charge >= 0.3 is 12.1 Å². The summed E-state index contributed by atoms with van der Waals surface area (Å²) >= 11 is 0. The summed E-state index contributed by atoms with van der Waals surface area (Å²) in [6.07, 6.45) is 4.53. The Balaban J connectivity index is 1.82. The van der Waals surface area contributed by atoms with Gasteiger partial charge in [0.05, 0.1) is 30.5 Å². The first-order valence-corrected chi connectivity index (χ1v) is 12.2. The highest BCUT2D eigenvalue weighted by Gasteiger charge is 2.39. The molecule has 1 saturated carbocycles. The van der Waals surface area contributed by atoms with Crippen LogP contribution in [-0.2, 0) is 15.7 Å². The molecule has 0 spiro atoms. The van der Waals surface area contributed by atoms with E-state index in [1.54, 1.807) is 0 Å². The molecule has 35 heavy (non-hydrogen) atoms. The van der Waals surface area contributed by atoms with Crippen molar-refractivity contribution in [3.63, 3.8) is 0 Å². The van der Waals surface area contributed by atoms with Crippen LogP contribution in [0.5, 0.6) is 5.75 Å². The van der Waals surface area contributed by atoms with Gasteiger partial charge in [-0.3, -0.25) is 4.79 Å². The topological polar surface area (TPSA) is 76.0 Å². The molecule has 196 valence electrons. The number of alkyl halides is 3. The first kappa shape index (κ1) is 28.9. The molecular formula is C27H37F3O5. The quantitative estimate of drug-likeness (QED) is 0.220. The number of hydrogen-bond acceptors (Lipinski definition) is 5. The average Bonchev–Trinajstić information content (AvgIpc) is 3.04. The van der Waals surface area contributed by atoms with Crippen molar-refractivity contribution in [1.82, 2.24) is 0 Å². The van der Waals surface area contributed by atoms with Gasteiger partial charge in [-0.05, 0) is 57.2 Å². The van der Waals surface area contributed by atoms with E-state index in [9.17, 15) is 28.2 Å². The zero-order chi connectivity index (χ0) is 26.0. The number of halogens is 3. The first-order chi connectivity index (χ1) is 16.5. The maximum Gasteiger partial charge on any atom is 0.416 e. The predicted molar refractivity (Wildman–Crippen MR) is 128 cm³/mol. The number of carbonyl (C=O) groups excluding carboxylic acids is 1. The van der Waals surface area contributed by atoms with Gasteiger partial charge in [-0.1, -0.05) is 37.3 Å². The Kier molecular flexibility index (Phi) is 11.3. The summed E-state index contributed by atoms with van der Waals surface area (Å²) in [5.74, 6) is -0.529. The zero-order valence-corrected chi connectivity index (χ0v) is 20.6. The Morgan fingerprint density at radius 1 is 1.17 bits per heavy atom. The van der Waals surface area contributed by atoms with Gasteiger partial charge in [-0.15, -0.1) is 0 Å². The SMILES string of the molecule is CC(C)OC(=O)CCC/C=C\C[C@@H]1[C@@H](/C=C/[C@@H](C)COc2cccc(C(F)(F)F)c2)[C@H](O)C[C@@H]1O. The number of carbonyl (C=O) groups is 1. The Labute approximate surface area is 205 Å². The molecule has 0 unspecified atom stereocenters. The standard InChI is InChI=1S/C27H37F3O5/c1-18(2)35-26(33)12-7-5-4-6-11-22-23(25(32)16-24(22)31)14-13-19(3)17-34-21-10-8-9-20(15-21)27(28,29)30/h4,6,8-10,13-15,18-19,22-25,31-32H,5,7,11-12,16-17H2,1-3H3/b6-4-,14-13+/t19-,22-,23-,24+,25-/m1/s1. The summed E-state index contributed by atoms with van der Waals surface area (Å²) in [5, 5.41) is 20.8. The number of ether oxygens (including phenoxy) is 2. The third-order valence-corrected chi connectivity index (χ3v) is 5.95. The number of hydrogen-bond donors (Lipinski definition) is 2. The number of unbranched alkanes of at least 4 members (excludes halogenated alkanes) is 1. The Morgan fingerprint density at radius 2 is 1.91 bits per heavy atom. The van der Waals surface area contributed by atoms with Crippen LogP contribution in [0.2, 0.25) is 0 Å². The molecule has 0 saturated heterocycles. The van der Waals surface area contributed by atoms with Gasteiger partial charge < -0.3 is 19.7 Å². The molecule has 1 fully saturated rings. The van der Waals surface area contributed by atoms with Crippen molar-refractivity contribution in [2.75, 3.05) is 6.61 Å². The highest BCUT2D eigenvalue weighted by atomic mass is 19.4. The second kappa shape index (κ2) is 13.7. The zero-order valence-electron chi connectivity index (χ0n) is 20.6. The first-order valence-electron chi connectivity index (χ1n) is 12.2. The highest BCUT2D eigenvalue weighted by molar-refractivity contribution is 5.69. The van der Waals surface area contributed by atoms with E-state index in [0.29, 0.717) is 25.7 Å². The van der Waals surface area contributed by atoms with Crippen LogP contribution in [0.3, 0.4) is 0 Å². The van der Waals surface area contributed by atoms with Crippen LogP contribution in [-0.4, -0.2) is 41.1 Å². The monoisotopic (exact) mass is 498 g/mol. The minimum atomic E-state index is -4.42. The molecule has 0 radical (unpaired) electrons. The Bertz CT molecular complexity index is 849. The van der Waals surface area contributed by atoms with E-state index >= 15 is 0 Å². The number of allylic oxidation sites excluding steroid dienone is 2. The molecule has 0 amide bonds. The van der Waals surface area contributed by atoms with Crippen LogP contribution < -0.4 is 4.74 Å². The summed E-state index contributed by atoms with van der Waals surface area (Å²) in [5.41, 5.74) is -0.757. The average molecular weight is 499 g/mol. The highest BCUT2D eigenvalue weighted by Crippen LogP contribution is 2.36. The van der Waals surface area contributed by atoms with Crippen LogP contribution in [0.1, 0.15) is 58.4 Å². The van der Waals surface area contributed by atoms with Gasteiger partial charge in [0.15, 0.2) is 0 Å². The number of aliphatic hydroxyl groups excluding tert-OH is 2. The second-order valence-corrected chi connectivity index (χ2v) is 9.45. The molecule has 0 heterocycles. The fourth-order valence-electron chi connectivity index (χ4n) is 4.13. The minimum Gasteiger partial charge on any atom is -0.493 e. The molecule has 2 N–H and O–H groups in total. The molecule has 1 aliphatic carbocycles. The number of esters is 1. The number of benzene rings is 1. The molecule has 2 rings (SSSR count). The van der Waals surface area contributed by atoms with E-state index < -0.39 is 23.9 Å². The fraction of sp³-hybridized carbons (Fsp3) is 0.593. The van der Waals surface area contributed by atoms with Gasteiger partial charge in [0.2, 0.25) is 0 Å².